The Kier molecular flexibility index (Phi) is 1.56. The fraction of sp³-hybridized carbons (Fsp3) is 0.571. The molecule has 0 N–H and O–H groups in total. The normalized spacial score (nSPS) is 19.2. The molecule has 0 saturated carbocycles. The second-order valence-electron chi connectivity index (χ2n) is 2.55. The van der Waals surface area contributed by atoms with Crippen LogP contribution in [-0.2, 0) is 0 Å². The molecule has 2 nitrogen and oxygen atoms in total. The molecule has 0 spiro atoms. The number of likely N-dealkylation sites (N-methyl/N-ethyl adjacent to an activating group) is 1. The molecule has 0 radical (unpaired) electrons. The Bertz CT molecular complexity index is 168. The van der Waals surface area contributed by atoms with Crippen LogP contribution in [0.1, 0.15) is 13.8 Å². The van der Waals surface area contributed by atoms with Crippen LogP contribution < -0.4 is 0 Å². The Balaban J connectivity index is 2.74. The van der Waals surface area contributed by atoms with Crippen molar-refractivity contribution in [3.05, 3.63) is 11.6 Å². The van der Waals surface area contributed by atoms with Crippen molar-refractivity contribution in [2.45, 2.75) is 13.8 Å². The second-order valence-corrected chi connectivity index (χ2v) is 2.55. The first-order valence-electron chi connectivity index (χ1n) is 3.12. The fourth-order valence-electron chi connectivity index (χ4n) is 1.10. The lowest BCUT2D eigenvalue weighted by Crippen LogP contribution is -2.19. The minimum Gasteiger partial charge on any atom is -0.296 e. The molecule has 0 aliphatic carbocycles. The number of hydrogen-bond acceptors (Lipinski definition) is 2. The Morgan fingerprint density at radius 2 is 2.22 bits per heavy atom. The lowest BCUT2D eigenvalue weighted by atomic mass is 10.2. The zero-order valence-electron chi connectivity index (χ0n) is 6.18. The first kappa shape index (κ1) is 6.33. The number of hydrazone groups is 1. The molecule has 0 atom stereocenters. The highest BCUT2D eigenvalue weighted by Gasteiger charge is 2.01. The molecule has 0 fully saturated rings. The van der Waals surface area contributed by atoms with E-state index in [2.05, 4.69) is 18.1 Å². The molecule has 0 unspecified atom stereocenters. The minimum atomic E-state index is 0.970. The van der Waals surface area contributed by atoms with Crippen LogP contribution >= 0.6 is 0 Å². The summed E-state index contributed by atoms with van der Waals surface area (Å²) in [6, 6.07) is 0. The molecule has 9 heavy (non-hydrogen) atoms. The summed E-state index contributed by atoms with van der Waals surface area (Å²) in [5, 5.41) is 6.16. The monoisotopic (exact) mass is 124 g/mol. The highest BCUT2D eigenvalue weighted by molar-refractivity contribution is 5.93. The number of nitrogens with zero attached hydrogens (tertiary/aromatic N) is 2. The molecule has 1 heterocycles. The van der Waals surface area contributed by atoms with E-state index >= 15 is 0 Å². The molecular weight excluding hydrogens is 112 g/mol. The SMILES string of the molecule is CC1=CC(C)=NN(C)C1. The van der Waals surface area contributed by atoms with E-state index in [0.29, 0.717) is 0 Å². The van der Waals surface area contributed by atoms with Gasteiger partial charge in [0.25, 0.3) is 0 Å². The van der Waals surface area contributed by atoms with E-state index in [1.54, 1.807) is 0 Å². The van der Waals surface area contributed by atoms with Crippen LogP contribution in [0.5, 0.6) is 0 Å². The number of rotatable bonds is 0. The van der Waals surface area contributed by atoms with Crippen molar-refractivity contribution in [3.8, 4) is 0 Å². The van der Waals surface area contributed by atoms with E-state index in [0.717, 1.165) is 12.3 Å². The molecule has 0 aromatic rings. The van der Waals surface area contributed by atoms with E-state index in [1.165, 1.54) is 5.57 Å². The highest BCUT2D eigenvalue weighted by Crippen LogP contribution is 2.03. The summed E-state index contributed by atoms with van der Waals surface area (Å²) in [6.07, 6.45) is 2.11. The third-order valence-electron chi connectivity index (χ3n) is 1.26. The van der Waals surface area contributed by atoms with E-state index in [1.807, 2.05) is 19.0 Å². The topological polar surface area (TPSA) is 15.6 Å². The molecule has 1 aliphatic rings. The van der Waals surface area contributed by atoms with E-state index < -0.39 is 0 Å². The second kappa shape index (κ2) is 2.21. The van der Waals surface area contributed by atoms with Gasteiger partial charge in [0.05, 0.1) is 12.3 Å². The van der Waals surface area contributed by atoms with E-state index in [-0.39, 0.29) is 0 Å². The molecule has 0 saturated heterocycles. The van der Waals surface area contributed by atoms with Crippen LogP contribution in [0.4, 0.5) is 0 Å². The van der Waals surface area contributed by atoms with Gasteiger partial charge in [-0.1, -0.05) is 5.57 Å². The third kappa shape index (κ3) is 1.56. The molecule has 0 bridgehead atoms. The number of hydrogen-bond donors (Lipinski definition) is 0. The van der Waals surface area contributed by atoms with Gasteiger partial charge >= 0.3 is 0 Å². The summed E-state index contributed by atoms with van der Waals surface area (Å²) < 4.78 is 0. The third-order valence-corrected chi connectivity index (χ3v) is 1.26. The standard InChI is InChI=1S/C7H12N2/c1-6-4-7(2)8-9(3)5-6/h4H,5H2,1-3H3. The smallest absolute Gasteiger partial charge is 0.0574 e. The maximum absolute atomic E-state index is 4.21. The maximum Gasteiger partial charge on any atom is 0.0574 e. The highest BCUT2D eigenvalue weighted by atomic mass is 15.4. The molecule has 0 amide bonds. The fourth-order valence-corrected chi connectivity index (χ4v) is 1.10. The van der Waals surface area contributed by atoms with Crippen molar-refractivity contribution in [2.75, 3.05) is 13.6 Å². The van der Waals surface area contributed by atoms with Gasteiger partial charge in [-0.15, -0.1) is 0 Å². The number of allylic oxidation sites excluding steroid dienone is 1. The lowest BCUT2D eigenvalue weighted by molar-refractivity contribution is 0.381. The average molecular weight is 124 g/mol. The van der Waals surface area contributed by atoms with Crippen molar-refractivity contribution < 1.29 is 0 Å². The van der Waals surface area contributed by atoms with Crippen molar-refractivity contribution in [1.29, 1.82) is 0 Å². The van der Waals surface area contributed by atoms with Gasteiger partial charge in [0.2, 0.25) is 0 Å². The first-order valence-corrected chi connectivity index (χ1v) is 3.12. The predicted molar refractivity (Wildman–Crippen MR) is 39.5 cm³/mol. The Hall–Kier alpha value is -0.790. The Labute approximate surface area is 55.9 Å². The summed E-state index contributed by atoms with van der Waals surface area (Å²) in [7, 11) is 1.99. The molecule has 0 aromatic heterocycles. The van der Waals surface area contributed by atoms with Crippen LogP contribution in [0.15, 0.2) is 16.8 Å². The molecular formula is C7H12N2. The van der Waals surface area contributed by atoms with Crippen LogP contribution in [-0.4, -0.2) is 24.3 Å². The first-order chi connectivity index (χ1) is 4.18. The molecule has 1 aliphatic heterocycles. The lowest BCUT2D eigenvalue weighted by Gasteiger charge is -2.18. The van der Waals surface area contributed by atoms with Crippen molar-refractivity contribution in [1.82, 2.24) is 5.01 Å². The van der Waals surface area contributed by atoms with E-state index in [4.69, 9.17) is 0 Å². The Morgan fingerprint density at radius 3 is 2.67 bits per heavy atom. The summed E-state index contributed by atoms with van der Waals surface area (Å²) in [4.78, 5) is 0. The van der Waals surface area contributed by atoms with Gasteiger partial charge in [-0.3, -0.25) is 5.01 Å². The van der Waals surface area contributed by atoms with Gasteiger partial charge < -0.3 is 0 Å². The van der Waals surface area contributed by atoms with Gasteiger partial charge in [0, 0.05) is 7.05 Å². The van der Waals surface area contributed by atoms with Gasteiger partial charge in [-0.05, 0) is 19.9 Å². The van der Waals surface area contributed by atoms with Gasteiger partial charge in [-0.2, -0.15) is 5.10 Å². The zero-order chi connectivity index (χ0) is 6.85. The molecule has 50 valence electrons. The summed E-state index contributed by atoms with van der Waals surface area (Å²) >= 11 is 0. The largest absolute Gasteiger partial charge is 0.296 e. The summed E-state index contributed by atoms with van der Waals surface area (Å²) in [5.74, 6) is 0. The molecule has 0 aromatic carbocycles. The summed E-state index contributed by atoms with van der Waals surface area (Å²) in [6.45, 7) is 5.10. The van der Waals surface area contributed by atoms with Crippen molar-refractivity contribution >= 4 is 5.71 Å². The zero-order valence-corrected chi connectivity index (χ0v) is 6.18. The van der Waals surface area contributed by atoms with Gasteiger partial charge in [-0.25, -0.2) is 0 Å². The van der Waals surface area contributed by atoms with Crippen LogP contribution in [0, 0.1) is 0 Å². The summed E-state index contributed by atoms with van der Waals surface area (Å²) in [5.41, 5.74) is 2.48. The average Bonchev–Trinajstić information content (AvgIpc) is 1.59. The van der Waals surface area contributed by atoms with Crippen LogP contribution in [0.3, 0.4) is 0 Å². The van der Waals surface area contributed by atoms with E-state index in [9.17, 15) is 0 Å². The Morgan fingerprint density at radius 1 is 1.56 bits per heavy atom. The predicted octanol–water partition coefficient (Wildman–Crippen LogP) is 1.25. The molecule has 2 heteroatoms. The minimum absolute atomic E-state index is 0.970. The van der Waals surface area contributed by atoms with Crippen molar-refractivity contribution in [3.63, 3.8) is 0 Å². The van der Waals surface area contributed by atoms with Crippen LogP contribution in [0.25, 0.3) is 0 Å². The quantitative estimate of drug-likeness (QED) is 0.474. The molecule has 1 rings (SSSR count). The van der Waals surface area contributed by atoms with Crippen LogP contribution in [0.2, 0.25) is 0 Å². The maximum atomic E-state index is 4.21. The van der Waals surface area contributed by atoms with Crippen molar-refractivity contribution in [2.24, 2.45) is 5.10 Å². The van der Waals surface area contributed by atoms with Gasteiger partial charge in [0.15, 0.2) is 0 Å². The van der Waals surface area contributed by atoms with Gasteiger partial charge in [0.1, 0.15) is 0 Å².